The average molecular weight is 479 g/mol. The first kappa shape index (κ1) is 24.8. The van der Waals surface area contributed by atoms with Gasteiger partial charge in [-0.05, 0) is 61.3 Å². The molecule has 0 bridgehead atoms. The molecular weight excluding hydrogens is 444 g/mol. The second-order valence-corrected chi connectivity index (χ2v) is 9.43. The zero-order chi connectivity index (χ0) is 24.8. The summed E-state index contributed by atoms with van der Waals surface area (Å²) in [5, 5.41) is 11.8. The van der Waals surface area contributed by atoms with Crippen LogP contribution in [-0.4, -0.2) is 53.7 Å². The predicted molar refractivity (Wildman–Crippen MR) is 133 cm³/mol. The molecule has 7 nitrogen and oxygen atoms in total. The van der Waals surface area contributed by atoms with E-state index in [0.29, 0.717) is 32.4 Å². The minimum absolute atomic E-state index is 0.00297. The molecular formula is C28H34N2O5. The molecule has 186 valence electrons. The summed E-state index contributed by atoms with van der Waals surface area (Å²) < 4.78 is 5.66. The molecule has 0 radical (unpaired) electrons. The van der Waals surface area contributed by atoms with Crippen LogP contribution in [-0.2, 0) is 14.3 Å². The van der Waals surface area contributed by atoms with Crippen molar-refractivity contribution in [3.8, 4) is 11.1 Å². The van der Waals surface area contributed by atoms with Gasteiger partial charge >= 0.3 is 12.1 Å². The number of nitrogens with zero attached hydrogens (tertiary/aromatic N) is 1. The molecule has 2 aromatic carbocycles. The molecule has 1 fully saturated rings. The number of carbonyl (C=O) groups is 3. The minimum atomic E-state index is -0.840. The standard InChI is InChI=1S/C28H34N2O5/c1-2-30(17-7-12-26(31)32)27(33)19-13-15-20(16-14-19)29-28(34)35-18-25-23-10-5-3-8-21(23)22-9-4-6-11-24(22)25/h3-6,8-11,19-20,25H,2,7,12-18H2,1H3,(H,29,34)(H,31,32). The Balaban J connectivity index is 1.24. The van der Waals surface area contributed by atoms with Crippen molar-refractivity contribution in [3.63, 3.8) is 0 Å². The molecule has 4 rings (SSSR count). The molecule has 1 saturated carbocycles. The summed E-state index contributed by atoms with van der Waals surface area (Å²) in [4.78, 5) is 37.9. The highest BCUT2D eigenvalue weighted by atomic mass is 16.5. The number of nitrogens with one attached hydrogen (secondary N) is 1. The summed E-state index contributed by atoms with van der Waals surface area (Å²) in [6, 6.07) is 16.5. The molecule has 2 aromatic rings. The van der Waals surface area contributed by atoms with Gasteiger partial charge in [0.2, 0.25) is 5.91 Å². The Bertz CT molecular complexity index is 1020. The van der Waals surface area contributed by atoms with Crippen molar-refractivity contribution in [3.05, 3.63) is 59.7 Å². The maximum Gasteiger partial charge on any atom is 0.407 e. The number of hydrogen-bond acceptors (Lipinski definition) is 4. The van der Waals surface area contributed by atoms with Gasteiger partial charge in [0.1, 0.15) is 6.61 Å². The monoisotopic (exact) mass is 478 g/mol. The molecule has 0 aliphatic heterocycles. The quantitative estimate of drug-likeness (QED) is 0.540. The third-order valence-corrected chi connectivity index (χ3v) is 7.25. The summed E-state index contributed by atoms with van der Waals surface area (Å²) in [5.41, 5.74) is 4.77. The third-order valence-electron chi connectivity index (χ3n) is 7.25. The lowest BCUT2D eigenvalue weighted by Gasteiger charge is -2.32. The van der Waals surface area contributed by atoms with Crippen LogP contribution < -0.4 is 5.32 Å². The molecule has 0 aromatic heterocycles. The van der Waals surface area contributed by atoms with Crippen molar-refractivity contribution < 1.29 is 24.2 Å². The number of aliphatic carboxylic acids is 1. The number of fused-ring (bicyclic) bond motifs is 3. The van der Waals surface area contributed by atoms with E-state index in [0.717, 1.165) is 12.8 Å². The Hall–Kier alpha value is -3.35. The maximum atomic E-state index is 12.9. The molecule has 2 amide bonds. The molecule has 35 heavy (non-hydrogen) atoms. The molecule has 2 aliphatic carbocycles. The Morgan fingerprint density at radius 3 is 2.14 bits per heavy atom. The highest BCUT2D eigenvalue weighted by Gasteiger charge is 2.31. The Kier molecular flexibility index (Phi) is 8.06. The van der Waals surface area contributed by atoms with E-state index in [4.69, 9.17) is 9.84 Å². The van der Waals surface area contributed by atoms with Crippen LogP contribution >= 0.6 is 0 Å². The van der Waals surface area contributed by atoms with Crippen LogP contribution in [0.2, 0.25) is 0 Å². The van der Waals surface area contributed by atoms with Crippen LogP contribution in [0.5, 0.6) is 0 Å². The SMILES string of the molecule is CCN(CCCC(=O)O)C(=O)C1CCC(NC(=O)OCC2c3ccccc3-c3ccccc32)CC1. The van der Waals surface area contributed by atoms with Gasteiger partial charge in [-0.25, -0.2) is 4.79 Å². The van der Waals surface area contributed by atoms with E-state index in [9.17, 15) is 14.4 Å². The fourth-order valence-electron chi connectivity index (χ4n) is 5.39. The normalized spacial score (nSPS) is 18.9. The topological polar surface area (TPSA) is 95.9 Å². The van der Waals surface area contributed by atoms with E-state index < -0.39 is 12.1 Å². The molecule has 0 heterocycles. The van der Waals surface area contributed by atoms with Gasteiger partial charge in [0.25, 0.3) is 0 Å². The fourth-order valence-corrected chi connectivity index (χ4v) is 5.39. The van der Waals surface area contributed by atoms with Crippen LogP contribution in [0.4, 0.5) is 4.79 Å². The van der Waals surface area contributed by atoms with Crippen LogP contribution in [0.15, 0.2) is 48.5 Å². The number of alkyl carbamates (subject to hydrolysis) is 1. The third kappa shape index (κ3) is 5.84. The lowest BCUT2D eigenvalue weighted by Crippen LogP contribution is -2.43. The summed E-state index contributed by atoms with van der Waals surface area (Å²) in [7, 11) is 0. The Labute approximate surface area is 206 Å². The summed E-state index contributed by atoms with van der Waals surface area (Å²) in [6.07, 6.45) is 3.01. The first-order chi connectivity index (χ1) is 17.0. The average Bonchev–Trinajstić information content (AvgIpc) is 3.19. The highest BCUT2D eigenvalue weighted by molar-refractivity contribution is 5.80. The number of hydrogen-bond donors (Lipinski definition) is 2. The smallest absolute Gasteiger partial charge is 0.407 e. The minimum Gasteiger partial charge on any atom is -0.481 e. The van der Waals surface area contributed by atoms with Gasteiger partial charge in [-0.1, -0.05) is 48.5 Å². The first-order valence-corrected chi connectivity index (χ1v) is 12.6. The number of carboxylic acids is 1. The van der Waals surface area contributed by atoms with Gasteiger partial charge < -0.3 is 20.1 Å². The number of rotatable bonds is 9. The summed E-state index contributed by atoms with van der Waals surface area (Å²) >= 11 is 0. The van der Waals surface area contributed by atoms with Crippen LogP contribution in [0, 0.1) is 5.92 Å². The van der Waals surface area contributed by atoms with Crippen LogP contribution in [0.3, 0.4) is 0 Å². The van der Waals surface area contributed by atoms with Crippen molar-refractivity contribution >= 4 is 18.0 Å². The first-order valence-electron chi connectivity index (χ1n) is 12.6. The largest absolute Gasteiger partial charge is 0.481 e. The molecule has 2 N–H and O–H groups in total. The lowest BCUT2D eigenvalue weighted by atomic mass is 9.85. The summed E-state index contributed by atoms with van der Waals surface area (Å²) in [5.74, 6) is -0.784. The highest BCUT2D eigenvalue weighted by Crippen LogP contribution is 2.44. The van der Waals surface area contributed by atoms with E-state index in [2.05, 4.69) is 29.6 Å². The van der Waals surface area contributed by atoms with Crippen molar-refractivity contribution in [2.45, 2.75) is 57.4 Å². The van der Waals surface area contributed by atoms with Gasteiger partial charge in [-0.15, -0.1) is 0 Å². The van der Waals surface area contributed by atoms with Gasteiger partial charge in [-0.2, -0.15) is 0 Å². The number of ether oxygens (including phenoxy) is 1. The van der Waals surface area contributed by atoms with Gasteiger partial charge in [0.15, 0.2) is 0 Å². The van der Waals surface area contributed by atoms with Crippen LogP contribution in [0.1, 0.15) is 62.5 Å². The predicted octanol–water partition coefficient (Wildman–Crippen LogP) is 4.80. The van der Waals surface area contributed by atoms with Crippen molar-refractivity contribution in [1.29, 1.82) is 0 Å². The molecule has 0 spiro atoms. The van der Waals surface area contributed by atoms with E-state index in [1.807, 2.05) is 31.2 Å². The maximum absolute atomic E-state index is 12.9. The number of benzene rings is 2. The second-order valence-electron chi connectivity index (χ2n) is 9.43. The fraction of sp³-hybridized carbons (Fsp3) is 0.464. The number of amides is 2. The molecule has 0 unspecified atom stereocenters. The number of carboxylic acid groups (broad SMARTS) is 1. The van der Waals surface area contributed by atoms with Gasteiger partial charge in [-0.3, -0.25) is 9.59 Å². The van der Waals surface area contributed by atoms with E-state index >= 15 is 0 Å². The Morgan fingerprint density at radius 1 is 0.971 bits per heavy atom. The molecule has 0 atom stereocenters. The van der Waals surface area contributed by atoms with Gasteiger partial charge in [0.05, 0.1) is 0 Å². The molecule has 0 saturated heterocycles. The van der Waals surface area contributed by atoms with Crippen molar-refractivity contribution in [2.75, 3.05) is 19.7 Å². The molecule has 7 heteroatoms. The zero-order valence-electron chi connectivity index (χ0n) is 20.2. The zero-order valence-corrected chi connectivity index (χ0v) is 20.2. The Morgan fingerprint density at radius 2 is 1.57 bits per heavy atom. The molecule has 2 aliphatic rings. The van der Waals surface area contributed by atoms with Crippen LogP contribution in [0.25, 0.3) is 11.1 Å². The second kappa shape index (κ2) is 11.4. The van der Waals surface area contributed by atoms with Gasteiger partial charge in [0, 0.05) is 37.4 Å². The number of carbonyl (C=O) groups excluding carboxylic acids is 2. The lowest BCUT2D eigenvalue weighted by molar-refractivity contribution is -0.139. The van der Waals surface area contributed by atoms with E-state index in [1.165, 1.54) is 22.3 Å². The van der Waals surface area contributed by atoms with Crippen molar-refractivity contribution in [1.82, 2.24) is 10.2 Å². The van der Waals surface area contributed by atoms with E-state index in [1.54, 1.807) is 4.90 Å². The van der Waals surface area contributed by atoms with Crippen molar-refractivity contribution in [2.24, 2.45) is 5.92 Å². The van der Waals surface area contributed by atoms with E-state index in [-0.39, 0.29) is 36.8 Å². The summed E-state index contributed by atoms with van der Waals surface area (Å²) in [6.45, 7) is 3.26.